The largest absolute Gasteiger partial charge is 0.352 e. The number of aromatic amines is 1. The molecule has 0 radical (unpaired) electrons. The van der Waals surface area contributed by atoms with Gasteiger partial charge in [0.05, 0.1) is 11.4 Å². The van der Waals surface area contributed by atoms with Crippen molar-refractivity contribution in [3.05, 3.63) is 36.2 Å². The lowest BCUT2D eigenvalue weighted by Crippen LogP contribution is -2.23. The minimum atomic E-state index is -3.51. The quantitative estimate of drug-likeness (QED) is 0.693. The maximum Gasteiger partial charge on any atom is 0.242 e. The van der Waals surface area contributed by atoms with Crippen LogP contribution in [0.15, 0.2) is 29.6 Å². The van der Waals surface area contributed by atoms with E-state index in [1.807, 2.05) is 14.1 Å². The van der Waals surface area contributed by atoms with Crippen LogP contribution in [0.3, 0.4) is 0 Å². The van der Waals surface area contributed by atoms with Gasteiger partial charge in [-0.15, -0.1) is 0 Å². The summed E-state index contributed by atoms with van der Waals surface area (Å²) in [7, 11) is 0.119. The first-order valence-corrected chi connectivity index (χ1v) is 7.29. The number of nitrogens with one attached hydrogen (secondary N) is 3. The molecule has 0 bridgehead atoms. The molecule has 0 atom stereocenters. The van der Waals surface area contributed by atoms with Gasteiger partial charge in [-0.05, 0) is 13.1 Å². The summed E-state index contributed by atoms with van der Waals surface area (Å²) >= 11 is 0. The molecule has 0 amide bonds. The van der Waals surface area contributed by atoms with Crippen molar-refractivity contribution in [1.29, 1.82) is 0 Å². The van der Waals surface area contributed by atoms with Crippen LogP contribution >= 0.6 is 0 Å². The van der Waals surface area contributed by atoms with Crippen LogP contribution in [0.2, 0.25) is 0 Å². The molecule has 2 rings (SSSR count). The Morgan fingerprint density at radius 3 is 2.84 bits per heavy atom. The number of aromatic nitrogens is 3. The summed E-state index contributed by atoms with van der Waals surface area (Å²) in [6, 6.07) is 1.65. The van der Waals surface area contributed by atoms with Gasteiger partial charge in [0.1, 0.15) is 5.82 Å². The molecule has 2 heterocycles. The number of rotatable bonds is 6. The predicted molar refractivity (Wildman–Crippen MR) is 70.8 cm³/mol. The molecule has 2 aromatic heterocycles. The van der Waals surface area contributed by atoms with Gasteiger partial charge in [0.25, 0.3) is 0 Å². The van der Waals surface area contributed by atoms with Crippen LogP contribution in [0.1, 0.15) is 11.5 Å². The molecule has 0 saturated carbocycles. The number of H-pyrrole nitrogens is 1. The zero-order valence-electron chi connectivity index (χ0n) is 10.8. The van der Waals surface area contributed by atoms with E-state index >= 15 is 0 Å². The van der Waals surface area contributed by atoms with E-state index in [-0.39, 0.29) is 11.4 Å². The molecule has 0 unspecified atom stereocenters. The fraction of sp³-hybridized carbons (Fsp3) is 0.364. The Balaban J connectivity index is 2.12. The Bertz CT molecular complexity index is 630. The lowest BCUT2D eigenvalue weighted by Gasteiger charge is -2.02. The van der Waals surface area contributed by atoms with Crippen LogP contribution in [0.4, 0.5) is 0 Å². The topological polar surface area (TPSA) is 91.8 Å². The van der Waals surface area contributed by atoms with Crippen molar-refractivity contribution < 1.29 is 8.42 Å². The number of hydrogen-bond acceptors (Lipinski definition) is 4. The highest BCUT2D eigenvalue weighted by Gasteiger charge is 2.17. The summed E-state index contributed by atoms with van der Waals surface area (Å²) in [5, 5.41) is 2.99. The third-order valence-corrected chi connectivity index (χ3v) is 4.10. The minimum absolute atomic E-state index is 0.144. The summed E-state index contributed by atoms with van der Waals surface area (Å²) in [6.45, 7) is 0.760. The zero-order chi connectivity index (χ0) is 13.9. The van der Waals surface area contributed by atoms with E-state index in [9.17, 15) is 8.42 Å². The van der Waals surface area contributed by atoms with Gasteiger partial charge in [0.2, 0.25) is 10.0 Å². The standard InChI is InChI=1S/C11H17N5O2S/c1-12-6-9-5-10(8-16(9)2)19(17,18)15-7-11-13-3-4-14-11/h3-5,8,12,15H,6-7H2,1-2H3,(H,13,14). The molecule has 0 saturated heterocycles. The van der Waals surface area contributed by atoms with Crippen LogP contribution < -0.4 is 10.0 Å². The SMILES string of the molecule is CNCc1cc(S(=O)(=O)NCc2ncc[nH]2)cn1C. The van der Waals surface area contributed by atoms with Crippen molar-refractivity contribution in [2.75, 3.05) is 7.05 Å². The van der Waals surface area contributed by atoms with E-state index in [0.29, 0.717) is 12.4 Å². The fourth-order valence-electron chi connectivity index (χ4n) is 1.72. The van der Waals surface area contributed by atoms with Crippen LogP contribution in [0, 0.1) is 0 Å². The molecule has 0 spiro atoms. The highest BCUT2D eigenvalue weighted by molar-refractivity contribution is 7.89. The molecular formula is C11H17N5O2S. The van der Waals surface area contributed by atoms with Gasteiger partial charge in [-0.3, -0.25) is 0 Å². The van der Waals surface area contributed by atoms with E-state index < -0.39 is 10.0 Å². The van der Waals surface area contributed by atoms with E-state index in [0.717, 1.165) is 5.69 Å². The number of nitrogens with zero attached hydrogens (tertiary/aromatic N) is 2. The van der Waals surface area contributed by atoms with E-state index in [1.165, 1.54) is 0 Å². The summed E-state index contributed by atoms with van der Waals surface area (Å²) in [6.07, 6.45) is 4.82. The van der Waals surface area contributed by atoms with Gasteiger partial charge < -0.3 is 14.9 Å². The summed E-state index contributed by atoms with van der Waals surface area (Å²) in [4.78, 5) is 7.07. The van der Waals surface area contributed by atoms with E-state index in [1.54, 1.807) is 29.2 Å². The van der Waals surface area contributed by atoms with Gasteiger partial charge in [-0.2, -0.15) is 0 Å². The first-order chi connectivity index (χ1) is 9.03. The number of imidazole rings is 1. The molecule has 104 valence electrons. The molecule has 3 N–H and O–H groups in total. The van der Waals surface area contributed by atoms with Crippen molar-refractivity contribution in [2.45, 2.75) is 18.0 Å². The first-order valence-electron chi connectivity index (χ1n) is 5.80. The molecule has 8 heteroatoms. The second kappa shape index (κ2) is 5.55. The van der Waals surface area contributed by atoms with Gasteiger partial charge in [0.15, 0.2) is 0 Å². The molecule has 0 aliphatic carbocycles. The van der Waals surface area contributed by atoms with Crippen molar-refractivity contribution in [2.24, 2.45) is 7.05 Å². The van der Waals surface area contributed by atoms with Crippen LogP contribution in [-0.4, -0.2) is 30.0 Å². The van der Waals surface area contributed by atoms with Gasteiger partial charge >= 0.3 is 0 Å². The lowest BCUT2D eigenvalue weighted by molar-refractivity contribution is 0.579. The normalized spacial score (nSPS) is 11.9. The molecule has 0 aliphatic heterocycles. The third-order valence-electron chi connectivity index (χ3n) is 2.74. The van der Waals surface area contributed by atoms with Gasteiger partial charge in [-0.25, -0.2) is 18.1 Å². The van der Waals surface area contributed by atoms with Crippen molar-refractivity contribution in [3.8, 4) is 0 Å². The summed E-state index contributed by atoms with van der Waals surface area (Å²) < 4.78 is 28.5. The highest BCUT2D eigenvalue weighted by Crippen LogP contribution is 2.13. The summed E-state index contributed by atoms with van der Waals surface area (Å²) in [5.74, 6) is 0.579. The second-order valence-electron chi connectivity index (χ2n) is 4.17. The molecule has 0 fully saturated rings. The Labute approximate surface area is 112 Å². The molecule has 2 aromatic rings. The van der Waals surface area contributed by atoms with Crippen LogP contribution in [-0.2, 0) is 30.2 Å². The average Bonchev–Trinajstić information content (AvgIpc) is 2.98. The number of aryl methyl sites for hydroxylation is 1. The van der Waals surface area contributed by atoms with Crippen molar-refractivity contribution in [3.63, 3.8) is 0 Å². The van der Waals surface area contributed by atoms with E-state index in [2.05, 4.69) is 20.0 Å². The second-order valence-corrected chi connectivity index (χ2v) is 5.94. The Morgan fingerprint density at radius 1 is 1.42 bits per heavy atom. The Kier molecular flexibility index (Phi) is 4.03. The first kappa shape index (κ1) is 13.8. The maximum absolute atomic E-state index is 12.1. The predicted octanol–water partition coefficient (Wildman–Crippen LogP) is -0.0539. The molecule has 0 aromatic carbocycles. The minimum Gasteiger partial charge on any atom is -0.352 e. The van der Waals surface area contributed by atoms with Gasteiger partial charge in [-0.1, -0.05) is 0 Å². The van der Waals surface area contributed by atoms with Gasteiger partial charge in [0, 0.05) is 37.9 Å². The monoisotopic (exact) mass is 283 g/mol. The molecule has 19 heavy (non-hydrogen) atoms. The average molecular weight is 283 g/mol. The van der Waals surface area contributed by atoms with Crippen molar-refractivity contribution >= 4 is 10.0 Å². The molecule has 7 nitrogen and oxygen atoms in total. The molecule has 0 aliphatic rings. The maximum atomic E-state index is 12.1. The Morgan fingerprint density at radius 2 is 2.21 bits per heavy atom. The highest BCUT2D eigenvalue weighted by atomic mass is 32.2. The smallest absolute Gasteiger partial charge is 0.242 e. The number of sulfonamides is 1. The van der Waals surface area contributed by atoms with Crippen LogP contribution in [0.25, 0.3) is 0 Å². The molecular weight excluding hydrogens is 266 g/mol. The van der Waals surface area contributed by atoms with Crippen molar-refractivity contribution in [1.82, 2.24) is 24.6 Å². The summed E-state index contributed by atoms with van der Waals surface area (Å²) in [5.41, 5.74) is 0.904. The third kappa shape index (κ3) is 3.22. The van der Waals surface area contributed by atoms with Crippen LogP contribution in [0.5, 0.6) is 0 Å². The lowest BCUT2D eigenvalue weighted by atomic mass is 10.4. The number of hydrogen-bond donors (Lipinski definition) is 3. The Hall–Kier alpha value is -1.64. The fourth-order valence-corrected chi connectivity index (χ4v) is 2.80. The van der Waals surface area contributed by atoms with E-state index in [4.69, 9.17) is 0 Å². The zero-order valence-corrected chi connectivity index (χ0v) is 11.7.